The molecule has 0 saturated carbocycles. The summed E-state index contributed by atoms with van der Waals surface area (Å²) in [5.74, 6) is 0.753. The number of nitrogen functional groups attached to an aromatic ring is 1. The molecule has 0 radical (unpaired) electrons. The van der Waals surface area contributed by atoms with Crippen LogP contribution in [0.2, 0.25) is 0 Å². The lowest BCUT2D eigenvalue weighted by Crippen LogP contribution is -2.46. The van der Waals surface area contributed by atoms with Gasteiger partial charge in [0.05, 0.1) is 4.88 Å². The van der Waals surface area contributed by atoms with E-state index in [4.69, 9.17) is 11.5 Å². The Morgan fingerprint density at radius 1 is 1.11 bits per heavy atom. The number of hydrogen-bond acceptors (Lipinski definition) is 4. The third-order valence-corrected chi connectivity index (χ3v) is 7.47. The van der Waals surface area contributed by atoms with E-state index in [9.17, 15) is 4.79 Å². The molecule has 3 saturated heterocycles. The number of carbonyl (C=O) groups is 1. The Bertz CT molecular complexity index is 1030. The van der Waals surface area contributed by atoms with Crippen molar-refractivity contribution < 1.29 is 4.79 Å². The molecule has 0 aliphatic carbocycles. The standard InChI is InChI=1S/C22H23N3OS/c23-15-4-1-3-14(11-15)16-5-2-6-17-19(21(22(24)26)27-20(16)17)18-12-25-9-7-13(18)8-10-25/h1-6,11,13,18H,7-10,12,23H2,(H2,24,26)/t18-/m1/s1. The van der Waals surface area contributed by atoms with Gasteiger partial charge in [-0.2, -0.15) is 0 Å². The number of thiophene rings is 1. The first-order valence-corrected chi connectivity index (χ1v) is 10.4. The Labute approximate surface area is 162 Å². The van der Waals surface area contributed by atoms with Crippen molar-refractivity contribution in [2.75, 3.05) is 25.4 Å². The molecule has 1 aromatic heterocycles. The van der Waals surface area contributed by atoms with Gasteiger partial charge < -0.3 is 16.4 Å². The number of benzene rings is 2. The summed E-state index contributed by atoms with van der Waals surface area (Å²) < 4.78 is 1.14. The first-order chi connectivity index (χ1) is 13.1. The van der Waals surface area contributed by atoms with Gasteiger partial charge in [-0.1, -0.05) is 30.3 Å². The molecule has 1 amide bonds. The van der Waals surface area contributed by atoms with Crippen molar-refractivity contribution in [2.45, 2.75) is 18.8 Å². The van der Waals surface area contributed by atoms with Gasteiger partial charge in [0.2, 0.25) is 0 Å². The van der Waals surface area contributed by atoms with E-state index in [-0.39, 0.29) is 5.91 Å². The zero-order valence-electron chi connectivity index (χ0n) is 15.2. The molecule has 2 aromatic carbocycles. The van der Waals surface area contributed by atoms with Crippen LogP contribution in [0.25, 0.3) is 21.2 Å². The number of amides is 1. The molecule has 3 aliphatic heterocycles. The van der Waals surface area contributed by atoms with E-state index < -0.39 is 0 Å². The molecule has 0 spiro atoms. The van der Waals surface area contributed by atoms with Crippen molar-refractivity contribution in [3.8, 4) is 11.1 Å². The van der Waals surface area contributed by atoms with E-state index >= 15 is 0 Å². The van der Waals surface area contributed by atoms with Gasteiger partial charge in [-0.15, -0.1) is 11.3 Å². The number of nitrogens with two attached hydrogens (primary N) is 2. The molecule has 4 N–H and O–H groups in total. The number of rotatable bonds is 3. The number of hydrogen-bond donors (Lipinski definition) is 2. The SMILES string of the molecule is NC(=O)c1sc2c(-c3cccc(N)c3)cccc2c1[C@@H]1CN2CCC1CC2. The van der Waals surface area contributed by atoms with Gasteiger partial charge >= 0.3 is 0 Å². The minimum absolute atomic E-state index is 0.304. The molecule has 4 heterocycles. The van der Waals surface area contributed by atoms with Gasteiger partial charge in [0, 0.05) is 22.8 Å². The summed E-state index contributed by atoms with van der Waals surface area (Å²) in [5.41, 5.74) is 16.0. The summed E-state index contributed by atoms with van der Waals surface area (Å²) >= 11 is 1.55. The molecule has 4 nitrogen and oxygen atoms in total. The Hall–Kier alpha value is -2.37. The summed E-state index contributed by atoms with van der Waals surface area (Å²) in [6.45, 7) is 3.41. The summed E-state index contributed by atoms with van der Waals surface area (Å²) in [6, 6.07) is 14.3. The molecule has 2 bridgehead atoms. The van der Waals surface area contributed by atoms with E-state index in [1.54, 1.807) is 11.3 Å². The molecule has 3 fully saturated rings. The highest BCUT2D eigenvalue weighted by Gasteiger charge is 2.38. The number of carbonyl (C=O) groups excluding carboxylic acids is 1. The van der Waals surface area contributed by atoms with Crippen LogP contribution in [0.5, 0.6) is 0 Å². The maximum Gasteiger partial charge on any atom is 0.259 e. The fraction of sp³-hybridized carbons (Fsp3) is 0.318. The summed E-state index contributed by atoms with van der Waals surface area (Å²) in [6.07, 6.45) is 2.43. The van der Waals surface area contributed by atoms with Crippen LogP contribution in [0.1, 0.15) is 34.0 Å². The second-order valence-electron chi connectivity index (χ2n) is 7.76. The highest BCUT2D eigenvalue weighted by Crippen LogP contribution is 2.47. The number of fused-ring (bicyclic) bond motifs is 4. The molecule has 0 unspecified atom stereocenters. The smallest absolute Gasteiger partial charge is 0.259 e. The zero-order valence-corrected chi connectivity index (χ0v) is 16.0. The third-order valence-electron chi connectivity index (χ3n) is 6.20. The van der Waals surface area contributed by atoms with Crippen LogP contribution in [0.3, 0.4) is 0 Å². The summed E-state index contributed by atoms with van der Waals surface area (Å²) in [4.78, 5) is 15.6. The number of piperidine rings is 3. The Kier molecular flexibility index (Phi) is 3.95. The van der Waals surface area contributed by atoms with Crippen LogP contribution < -0.4 is 11.5 Å². The molecule has 6 rings (SSSR count). The minimum Gasteiger partial charge on any atom is -0.399 e. The first kappa shape index (κ1) is 16.8. The van der Waals surface area contributed by atoms with Crippen LogP contribution >= 0.6 is 11.3 Å². The van der Waals surface area contributed by atoms with Gasteiger partial charge in [0.25, 0.3) is 5.91 Å². The number of primary amides is 1. The molecule has 5 heteroatoms. The average Bonchev–Trinajstić information content (AvgIpc) is 3.08. The predicted molar refractivity (Wildman–Crippen MR) is 112 cm³/mol. The van der Waals surface area contributed by atoms with E-state index in [0.29, 0.717) is 11.8 Å². The van der Waals surface area contributed by atoms with Crippen LogP contribution in [0.4, 0.5) is 5.69 Å². The highest BCUT2D eigenvalue weighted by atomic mass is 32.1. The van der Waals surface area contributed by atoms with Gasteiger partial charge in [0.1, 0.15) is 0 Å². The Morgan fingerprint density at radius 3 is 2.56 bits per heavy atom. The normalized spacial score (nSPS) is 24.4. The van der Waals surface area contributed by atoms with Crippen molar-refractivity contribution in [3.63, 3.8) is 0 Å². The molecule has 27 heavy (non-hydrogen) atoms. The molecule has 1 atom stereocenters. The summed E-state index contributed by atoms with van der Waals surface area (Å²) in [7, 11) is 0. The number of nitrogens with zero attached hydrogens (tertiary/aromatic N) is 1. The van der Waals surface area contributed by atoms with Gasteiger partial charge in [-0.25, -0.2) is 0 Å². The maximum absolute atomic E-state index is 12.3. The lowest BCUT2D eigenvalue weighted by Gasteiger charge is -2.45. The minimum atomic E-state index is -0.304. The lowest BCUT2D eigenvalue weighted by atomic mass is 9.74. The van der Waals surface area contributed by atoms with Gasteiger partial charge in [-0.05, 0) is 66.1 Å². The van der Waals surface area contributed by atoms with Gasteiger partial charge in [0.15, 0.2) is 0 Å². The second-order valence-corrected chi connectivity index (χ2v) is 8.78. The van der Waals surface area contributed by atoms with Crippen molar-refractivity contribution in [2.24, 2.45) is 11.7 Å². The third kappa shape index (κ3) is 2.73. The summed E-state index contributed by atoms with van der Waals surface area (Å²) in [5, 5.41) is 1.19. The maximum atomic E-state index is 12.3. The predicted octanol–water partition coefficient (Wildman–Crippen LogP) is 4.06. The van der Waals surface area contributed by atoms with Crippen molar-refractivity contribution in [3.05, 3.63) is 52.9 Å². The Morgan fingerprint density at radius 2 is 1.89 bits per heavy atom. The van der Waals surface area contributed by atoms with Crippen LogP contribution in [0, 0.1) is 5.92 Å². The lowest BCUT2D eigenvalue weighted by molar-refractivity contribution is 0.0864. The fourth-order valence-corrected chi connectivity index (χ4v) is 6.18. The largest absolute Gasteiger partial charge is 0.399 e. The van der Waals surface area contributed by atoms with Crippen LogP contribution in [-0.2, 0) is 0 Å². The van der Waals surface area contributed by atoms with Gasteiger partial charge in [-0.3, -0.25) is 4.79 Å². The van der Waals surface area contributed by atoms with Crippen LogP contribution in [0.15, 0.2) is 42.5 Å². The van der Waals surface area contributed by atoms with Crippen LogP contribution in [-0.4, -0.2) is 30.4 Å². The average molecular weight is 378 g/mol. The molecule has 3 aliphatic rings. The van der Waals surface area contributed by atoms with E-state index in [0.717, 1.165) is 32.9 Å². The number of anilines is 1. The quantitative estimate of drug-likeness (QED) is 0.676. The zero-order chi connectivity index (χ0) is 18.5. The first-order valence-electron chi connectivity index (χ1n) is 9.55. The monoisotopic (exact) mass is 377 g/mol. The van der Waals surface area contributed by atoms with Crippen molar-refractivity contribution in [1.82, 2.24) is 4.90 Å². The van der Waals surface area contributed by atoms with E-state index in [2.05, 4.69) is 29.2 Å². The van der Waals surface area contributed by atoms with Crippen molar-refractivity contribution >= 4 is 33.0 Å². The molecule has 3 aromatic rings. The van der Waals surface area contributed by atoms with E-state index in [1.807, 2.05) is 18.2 Å². The Balaban J connectivity index is 1.72. The van der Waals surface area contributed by atoms with Crippen molar-refractivity contribution in [1.29, 1.82) is 0 Å². The molecular weight excluding hydrogens is 354 g/mol. The highest BCUT2D eigenvalue weighted by molar-refractivity contribution is 7.21. The molecule has 138 valence electrons. The van der Waals surface area contributed by atoms with E-state index in [1.165, 1.54) is 36.9 Å². The topological polar surface area (TPSA) is 72.3 Å². The fourth-order valence-electron chi connectivity index (χ4n) is 4.92. The molecular formula is C22H23N3OS. The second kappa shape index (κ2) is 6.36.